The first-order valence-electron chi connectivity index (χ1n) is 18.4. The van der Waals surface area contributed by atoms with E-state index in [-0.39, 0.29) is 30.4 Å². The summed E-state index contributed by atoms with van der Waals surface area (Å²) in [6, 6.07) is -0.714. The summed E-state index contributed by atoms with van der Waals surface area (Å²) in [5.41, 5.74) is -2.73. The Bertz CT molecular complexity index is 1130. The number of aliphatic hydroxyl groups excluding tert-OH is 2. The number of cyclic esters (lactones) is 1. The minimum absolute atomic E-state index is 0.0122. The molecule has 4 aliphatic rings. The van der Waals surface area contributed by atoms with E-state index in [0.717, 1.165) is 0 Å². The number of ether oxygens (including phenoxy) is 5. The molecular weight excluding hydrogens is 634 g/mol. The number of aliphatic hydroxyl groups is 3. The summed E-state index contributed by atoms with van der Waals surface area (Å²) >= 11 is 0. The van der Waals surface area contributed by atoms with E-state index < -0.39 is 77.6 Å². The third kappa shape index (κ3) is 8.63. The number of likely N-dealkylation sites (N-methyl/N-ethyl adjacent to an activating group) is 1. The molecule has 0 radical (unpaired) electrons. The van der Waals surface area contributed by atoms with E-state index in [9.17, 15) is 24.9 Å². The van der Waals surface area contributed by atoms with E-state index in [1.165, 1.54) is 6.92 Å². The van der Waals surface area contributed by atoms with Crippen molar-refractivity contribution in [2.75, 3.05) is 33.7 Å². The number of nitrogens with zero attached hydrogens (tertiary/aromatic N) is 2. The van der Waals surface area contributed by atoms with Gasteiger partial charge in [-0.3, -0.25) is 9.59 Å². The predicted molar refractivity (Wildman–Crippen MR) is 182 cm³/mol. The fourth-order valence-corrected chi connectivity index (χ4v) is 8.71. The highest BCUT2D eigenvalue weighted by Gasteiger charge is 2.58. The molecule has 14 atom stereocenters. The van der Waals surface area contributed by atoms with Crippen molar-refractivity contribution in [1.82, 2.24) is 15.1 Å². The van der Waals surface area contributed by atoms with Crippen LogP contribution in [0, 0.1) is 17.8 Å². The van der Waals surface area contributed by atoms with Crippen molar-refractivity contribution in [2.24, 2.45) is 17.8 Å². The molecule has 1 amide bonds. The molecule has 4 aliphatic heterocycles. The Labute approximate surface area is 293 Å². The molecule has 284 valence electrons. The van der Waals surface area contributed by atoms with Crippen molar-refractivity contribution in [3.63, 3.8) is 0 Å². The molecule has 0 aromatic rings. The zero-order valence-corrected chi connectivity index (χ0v) is 31.7. The van der Waals surface area contributed by atoms with Gasteiger partial charge in [-0.15, -0.1) is 0 Å². The molecule has 0 aromatic heterocycles. The van der Waals surface area contributed by atoms with Gasteiger partial charge in [-0.05, 0) is 80.4 Å². The highest BCUT2D eigenvalue weighted by atomic mass is 16.7. The van der Waals surface area contributed by atoms with Gasteiger partial charge in [0, 0.05) is 50.9 Å². The summed E-state index contributed by atoms with van der Waals surface area (Å²) in [6.07, 6.45) is -3.55. The first-order valence-corrected chi connectivity index (χ1v) is 18.4. The number of nitrogens with one attached hydrogen (secondary N) is 1. The number of piperidine rings is 1. The van der Waals surface area contributed by atoms with Gasteiger partial charge in [0.1, 0.15) is 23.9 Å². The smallest absolute Gasteiger partial charge is 0.311 e. The standard InChI is InChI=1S/C36H65N3O10/c1-12-27-35(9,44)30(42)24(6)37-19-20(2)18-34(8)31(47-33-28(41)26(38(10)11)17-21(3)45-33)22(4)29(23(5)32(43)46-27)48-36(49-34)13-15-39(16-14-36)25(7)40/h20-24,26-31,33,37,41-42,44H,12-19H2,1-11H3/t20-,21-,22+,23-,24-,26+,27-,28-,29+,30-,31-,33?,34?,35-/m1/s1. The monoisotopic (exact) mass is 699 g/mol. The second-order valence-electron chi connectivity index (χ2n) is 16.2. The lowest BCUT2D eigenvalue weighted by molar-refractivity contribution is -0.331. The number of fused-ring (bicyclic) bond motifs is 3. The zero-order valence-electron chi connectivity index (χ0n) is 31.7. The van der Waals surface area contributed by atoms with Gasteiger partial charge in [-0.2, -0.15) is 0 Å². The van der Waals surface area contributed by atoms with Crippen LogP contribution in [0.2, 0.25) is 0 Å². The van der Waals surface area contributed by atoms with Gasteiger partial charge in [0.2, 0.25) is 5.91 Å². The average molecular weight is 700 g/mol. The third-order valence-electron chi connectivity index (χ3n) is 11.7. The maximum atomic E-state index is 14.1. The Hall–Kier alpha value is -1.42. The second-order valence-corrected chi connectivity index (χ2v) is 16.2. The summed E-state index contributed by atoms with van der Waals surface area (Å²) in [5, 5.41) is 37.8. The van der Waals surface area contributed by atoms with Crippen LogP contribution < -0.4 is 5.32 Å². The van der Waals surface area contributed by atoms with Crippen LogP contribution in [0.5, 0.6) is 0 Å². The summed E-state index contributed by atoms with van der Waals surface area (Å²) in [6.45, 7) is 17.8. The Morgan fingerprint density at radius 3 is 2.31 bits per heavy atom. The van der Waals surface area contributed by atoms with Crippen molar-refractivity contribution in [3.05, 3.63) is 0 Å². The predicted octanol–water partition coefficient (Wildman–Crippen LogP) is 2.03. The minimum Gasteiger partial charge on any atom is -0.459 e. The summed E-state index contributed by atoms with van der Waals surface area (Å²) in [5.74, 6) is -3.04. The normalized spacial score (nSPS) is 45.8. The number of hydrogen-bond acceptors (Lipinski definition) is 12. The number of likely N-dealkylation sites (tertiary alicyclic amines) is 1. The number of carbonyl (C=O) groups is 2. The van der Waals surface area contributed by atoms with Gasteiger partial charge in [0.05, 0.1) is 29.8 Å². The van der Waals surface area contributed by atoms with Crippen LogP contribution in [0.15, 0.2) is 0 Å². The number of hydrogen-bond donors (Lipinski definition) is 4. The van der Waals surface area contributed by atoms with Crippen LogP contribution in [0.25, 0.3) is 0 Å². The molecule has 2 bridgehead atoms. The van der Waals surface area contributed by atoms with Gasteiger partial charge in [-0.25, -0.2) is 0 Å². The third-order valence-corrected chi connectivity index (χ3v) is 11.7. The minimum atomic E-state index is -1.73. The van der Waals surface area contributed by atoms with Crippen molar-refractivity contribution in [1.29, 1.82) is 0 Å². The van der Waals surface area contributed by atoms with Crippen molar-refractivity contribution in [2.45, 2.75) is 166 Å². The van der Waals surface area contributed by atoms with E-state index in [1.54, 1.807) is 32.6 Å². The van der Waals surface area contributed by atoms with Gasteiger partial charge in [0.25, 0.3) is 0 Å². The second kappa shape index (κ2) is 15.7. The Morgan fingerprint density at radius 1 is 1.10 bits per heavy atom. The summed E-state index contributed by atoms with van der Waals surface area (Å²) in [7, 11) is 3.86. The van der Waals surface area contributed by atoms with E-state index in [0.29, 0.717) is 45.3 Å². The zero-order chi connectivity index (χ0) is 36.6. The molecule has 49 heavy (non-hydrogen) atoms. The molecule has 2 unspecified atom stereocenters. The Balaban J connectivity index is 1.83. The highest BCUT2D eigenvalue weighted by Crippen LogP contribution is 2.47. The lowest BCUT2D eigenvalue weighted by Crippen LogP contribution is -2.60. The first kappa shape index (κ1) is 40.4. The molecule has 4 rings (SSSR count). The van der Waals surface area contributed by atoms with Crippen molar-refractivity contribution < 1.29 is 48.6 Å². The summed E-state index contributed by atoms with van der Waals surface area (Å²) in [4.78, 5) is 30.2. The fraction of sp³-hybridized carbons (Fsp3) is 0.944. The lowest BCUT2D eigenvalue weighted by atomic mass is 9.78. The van der Waals surface area contributed by atoms with E-state index in [2.05, 4.69) is 12.2 Å². The first-order chi connectivity index (χ1) is 22.7. The molecule has 1 spiro atoms. The molecule has 0 aromatic carbocycles. The van der Waals surface area contributed by atoms with E-state index in [4.69, 9.17) is 23.7 Å². The molecule has 4 N–H and O–H groups in total. The van der Waals surface area contributed by atoms with Gasteiger partial charge in [-0.1, -0.05) is 20.8 Å². The van der Waals surface area contributed by atoms with Crippen LogP contribution in [0.1, 0.15) is 94.4 Å². The van der Waals surface area contributed by atoms with Crippen LogP contribution >= 0.6 is 0 Å². The highest BCUT2D eigenvalue weighted by molar-refractivity contribution is 5.73. The van der Waals surface area contributed by atoms with E-state index >= 15 is 0 Å². The number of amides is 1. The largest absolute Gasteiger partial charge is 0.459 e. The maximum absolute atomic E-state index is 14.1. The van der Waals surface area contributed by atoms with Crippen LogP contribution in [-0.4, -0.2) is 143 Å². The lowest BCUT2D eigenvalue weighted by Gasteiger charge is -2.49. The van der Waals surface area contributed by atoms with Crippen molar-refractivity contribution >= 4 is 11.9 Å². The molecule has 0 aliphatic carbocycles. The average Bonchev–Trinajstić information content (AvgIpc) is 3.10. The van der Waals surface area contributed by atoms with E-state index in [1.807, 2.05) is 39.8 Å². The molecular formula is C36H65N3O10. The van der Waals surface area contributed by atoms with Gasteiger partial charge >= 0.3 is 5.97 Å². The number of rotatable bonds is 4. The molecule has 0 saturated carbocycles. The van der Waals surface area contributed by atoms with Crippen LogP contribution in [0.3, 0.4) is 0 Å². The molecule has 13 nitrogen and oxygen atoms in total. The molecule has 4 heterocycles. The Morgan fingerprint density at radius 2 is 1.73 bits per heavy atom. The molecule has 13 heteroatoms. The molecule has 4 saturated heterocycles. The summed E-state index contributed by atoms with van der Waals surface area (Å²) < 4.78 is 33.5. The van der Waals surface area contributed by atoms with Crippen LogP contribution in [-0.2, 0) is 33.3 Å². The Kier molecular flexibility index (Phi) is 12.9. The quantitative estimate of drug-likeness (QED) is 0.317. The van der Waals surface area contributed by atoms with Crippen molar-refractivity contribution in [3.8, 4) is 0 Å². The van der Waals surface area contributed by atoms with Crippen LogP contribution in [0.4, 0.5) is 0 Å². The SMILES string of the molecule is CC[C@H]1OC(=O)[C@H](C)[C@H]2OC3(CCN(C(C)=O)CC3)OC(C)(C[C@@H](C)CN[C@H](C)[C@@H](O)[C@]1(C)O)[C@H](OC1O[C@H](C)C[C@H](N(C)C)[C@H]1O)[C@H]2C. The fourth-order valence-electron chi connectivity index (χ4n) is 8.71. The molecule has 4 fully saturated rings. The topological polar surface area (TPSA) is 159 Å². The van der Waals surface area contributed by atoms with Gasteiger partial charge < -0.3 is 54.1 Å². The maximum Gasteiger partial charge on any atom is 0.311 e. The van der Waals surface area contributed by atoms with Gasteiger partial charge in [0.15, 0.2) is 12.1 Å². The number of esters is 1. The number of carbonyl (C=O) groups excluding carboxylic acids is 2.